The Balaban J connectivity index is 2.13. The molecule has 0 aliphatic carbocycles. The highest BCUT2D eigenvalue weighted by atomic mass is 19.4. The first kappa shape index (κ1) is 17.9. The van der Waals surface area contributed by atoms with Gasteiger partial charge in [-0.1, -0.05) is 18.2 Å². The van der Waals surface area contributed by atoms with Crippen molar-refractivity contribution in [3.63, 3.8) is 0 Å². The van der Waals surface area contributed by atoms with Gasteiger partial charge in [0.15, 0.2) is 0 Å². The highest BCUT2D eigenvalue weighted by molar-refractivity contribution is 5.94. The molecule has 24 heavy (non-hydrogen) atoms. The molecule has 2 aromatic carbocycles. The van der Waals surface area contributed by atoms with Gasteiger partial charge in [-0.15, -0.1) is 0 Å². The fourth-order valence-corrected chi connectivity index (χ4v) is 2.11. The molecule has 0 aliphatic heterocycles. The lowest BCUT2D eigenvalue weighted by molar-refractivity contribution is -0.139. The van der Waals surface area contributed by atoms with Crippen LogP contribution in [-0.4, -0.2) is 17.6 Å². The second-order valence-electron chi connectivity index (χ2n) is 4.94. The Morgan fingerprint density at radius 2 is 1.79 bits per heavy atom. The smallest absolute Gasteiger partial charge is 0.387 e. The van der Waals surface area contributed by atoms with Crippen LogP contribution in [0.4, 0.5) is 22.0 Å². The zero-order valence-corrected chi connectivity index (χ0v) is 12.1. The van der Waals surface area contributed by atoms with E-state index in [9.17, 15) is 31.9 Å². The molecule has 2 rings (SSSR count). The van der Waals surface area contributed by atoms with Gasteiger partial charge in [0.1, 0.15) is 11.6 Å². The first-order chi connectivity index (χ1) is 11.2. The fourth-order valence-electron chi connectivity index (χ4n) is 2.11. The van der Waals surface area contributed by atoms with Crippen LogP contribution in [0.1, 0.15) is 27.6 Å². The van der Waals surface area contributed by atoms with E-state index < -0.39 is 53.1 Å². The van der Waals surface area contributed by atoms with Crippen LogP contribution in [0, 0.1) is 11.6 Å². The van der Waals surface area contributed by atoms with E-state index in [4.69, 9.17) is 0 Å². The minimum Gasteiger partial charge on any atom is -0.387 e. The number of hydrogen-bond acceptors (Lipinski definition) is 2. The van der Waals surface area contributed by atoms with Gasteiger partial charge in [0.25, 0.3) is 5.91 Å². The number of nitrogens with one attached hydrogen (secondary N) is 1. The zero-order chi connectivity index (χ0) is 17.9. The van der Waals surface area contributed by atoms with Crippen LogP contribution in [0.15, 0.2) is 42.5 Å². The van der Waals surface area contributed by atoms with Crippen LogP contribution >= 0.6 is 0 Å². The Morgan fingerprint density at radius 3 is 2.46 bits per heavy atom. The lowest BCUT2D eigenvalue weighted by atomic mass is 10.0. The third-order valence-electron chi connectivity index (χ3n) is 3.25. The Bertz CT molecular complexity index is 745. The molecule has 3 nitrogen and oxygen atoms in total. The zero-order valence-electron chi connectivity index (χ0n) is 12.1. The Kier molecular flexibility index (Phi) is 5.18. The van der Waals surface area contributed by atoms with Crippen molar-refractivity contribution in [1.29, 1.82) is 0 Å². The Labute approximate surface area is 133 Å². The fraction of sp³-hybridized carbons (Fsp3) is 0.188. The highest BCUT2D eigenvalue weighted by Gasteiger charge is 2.34. The molecule has 1 atom stereocenters. The van der Waals surface area contributed by atoms with Crippen molar-refractivity contribution in [2.24, 2.45) is 0 Å². The molecule has 1 amide bonds. The molecule has 0 saturated carbocycles. The van der Waals surface area contributed by atoms with E-state index in [1.807, 2.05) is 0 Å². The van der Waals surface area contributed by atoms with Gasteiger partial charge in [0, 0.05) is 6.54 Å². The minimum atomic E-state index is -4.67. The van der Waals surface area contributed by atoms with Crippen molar-refractivity contribution in [1.82, 2.24) is 5.32 Å². The maximum Gasteiger partial charge on any atom is 0.416 e. The van der Waals surface area contributed by atoms with Crippen molar-refractivity contribution >= 4 is 5.91 Å². The van der Waals surface area contributed by atoms with E-state index >= 15 is 0 Å². The lowest BCUT2D eigenvalue weighted by Crippen LogP contribution is -2.30. The van der Waals surface area contributed by atoms with Gasteiger partial charge in [-0.3, -0.25) is 4.79 Å². The number of carbonyl (C=O) groups excluding carboxylic acids is 1. The lowest BCUT2D eigenvalue weighted by Gasteiger charge is -2.18. The Morgan fingerprint density at radius 1 is 1.12 bits per heavy atom. The van der Waals surface area contributed by atoms with E-state index in [-0.39, 0.29) is 0 Å². The largest absolute Gasteiger partial charge is 0.416 e. The second kappa shape index (κ2) is 6.96. The molecule has 0 spiro atoms. The van der Waals surface area contributed by atoms with Crippen molar-refractivity contribution in [3.05, 3.63) is 70.8 Å². The molecule has 0 heterocycles. The molecule has 2 aromatic rings. The second-order valence-corrected chi connectivity index (χ2v) is 4.94. The number of alkyl halides is 3. The van der Waals surface area contributed by atoms with Crippen LogP contribution in [0.25, 0.3) is 0 Å². The molecular formula is C16H12F5NO2. The third-order valence-corrected chi connectivity index (χ3v) is 3.25. The number of halogens is 5. The van der Waals surface area contributed by atoms with E-state index in [0.29, 0.717) is 6.07 Å². The first-order valence-corrected chi connectivity index (χ1v) is 6.77. The molecule has 0 fully saturated rings. The molecular weight excluding hydrogens is 333 g/mol. The normalized spacial score (nSPS) is 12.8. The average Bonchev–Trinajstić information content (AvgIpc) is 2.53. The standard InChI is InChI=1S/C16H12F5NO2/c17-9-5-6-13(18)11(7-9)15(24)22-8-14(23)10-3-1-2-4-12(10)16(19,20)21/h1-7,14,23H,8H2,(H,22,24). The summed E-state index contributed by atoms with van der Waals surface area (Å²) in [4.78, 5) is 11.8. The van der Waals surface area contributed by atoms with Crippen LogP contribution < -0.4 is 5.32 Å². The molecule has 8 heteroatoms. The summed E-state index contributed by atoms with van der Waals surface area (Å²) in [5.41, 5.74) is -2.07. The monoisotopic (exact) mass is 345 g/mol. The molecule has 0 aromatic heterocycles. The SMILES string of the molecule is O=C(NCC(O)c1ccccc1C(F)(F)F)c1cc(F)ccc1F. The molecule has 0 radical (unpaired) electrons. The first-order valence-electron chi connectivity index (χ1n) is 6.77. The van der Waals surface area contributed by atoms with Gasteiger partial charge in [0.05, 0.1) is 17.2 Å². The van der Waals surface area contributed by atoms with Crippen LogP contribution in [0.3, 0.4) is 0 Å². The summed E-state index contributed by atoms with van der Waals surface area (Å²) in [5, 5.41) is 12.0. The topological polar surface area (TPSA) is 49.3 Å². The van der Waals surface area contributed by atoms with Crippen LogP contribution in [0.2, 0.25) is 0 Å². The summed E-state index contributed by atoms with van der Waals surface area (Å²) in [6.45, 7) is -0.595. The maximum atomic E-state index is 13.4. The van der Waals surface area contributed by atoms with Gasteiger partial charge in [0.2, 0.25) is 0 Å². The van der Waals surface area contributed by atoms with E-state index in [1.54, 1.807) is 0 Å². The van der Waals surface area contributed by atoms with E-state index in [1.165, 1.54) is 12.1 Å². The van der Waals surface area contributed by atoms with Gasteiger partial charge >= 0.3 is 6.18 Å². The summed E-state index contributed by atoms with van der Waals surface area (Å²) in [7, 11) is 0. The van der Waals surface area contributed by atoms with Crippen molar-refractivity contribution in [2.75, 3.05) is 6.54 Å². The third kappa shape index (κ3) is 4.08. The number of carbonyl (C=O) groups is 1. The van der Waals surface area contributed by atoms with E-state index in [0.717, 1.165) is 24.3 Å². The molecule has 0 aliphatic rings. The van der Waals surface area contributed by atoms with Crippen molar-refractivity contribution in [3.8, 4) is 0 Å². The number of rotatable bonds is 4. The van der Waals surface area contributed by atoms with Crippen molar-refractivity contribution < 1.29 is 31.9 Å². The molecule has 128 valence electrons. The van der Waals surface area contributed by atoms with Gasteiger partial charge < -0.3 is 10.4 Å². The highest BCUT2D eigenvalue weighted by Crippen LogP contribution is 2.34. The van der Waals surface area contributed by atoms with Crippen LogP contribution in [-0.2, 0) is 6.18 Å². The summed E-state index contributed by atoms with van der Waals surface area (Å²) in [6, 6.07) is 6.57. The van der Waals surface area contributed by atoms with Crippen molar-refractivity contribution in [2.45, 2.75) is 12.3 Å². The van der Waals surface area contributed by atoms with Gasteiger partial charge in [-0.25, -0.2) is 8.78 Å². The number of aliphatic hydroxyl groups is 1. The number of benzene rings is 2. The molecule has 0 saturated heterocycles. The minimum absolute atomic E-state index is 0.426. The quantitative estimate of drug-likeness (QED) is 0.834. The summed E-state index contributed by atoms with van der Waals surface area (Å²) in [5.74, 6) is -2.88. The van der Waals surface area contributed by atoms with Gasteiger partial charge in [-0.2, -0.15) is 13.2 Å². The molecule has 2 N–H and O–H groups in total. The summed E-state index contributed by atoms with van der Waals surface area (Å²) >= 11 is 0. The number of hydrogen-bond donors (Lipinski definition) is 2. The predicted octanol–water partition coefficient (Wildman–Crippen LogP) is 3.45. The van der Waals surface area contributed by atoms with E-state index in [2.05, 4.69) is 5.32 Å². The molecule has 0 bridgehead atoms. The average molecular weight is 345 g/mol. The Hall–Kier alpha value is -2.48. The van der Waals surface area contributed by atoms with Gasteiger partial charge in [-0.05, 0) is 29.8 Å². The predicted molar refractivity (Wildman–Crippen MR) is 75.1 cm³/mol. The summed E-state index contributed by atoms with van der Waals surface area (Å²) in [6.07, 6.45) is -6.33. The van der Waals surface area contributed by atoms with Crippen LogP contribution in [0.5, 0.6) is 0 Å². The summed E-state index contributed by atoms with van der Waals surface area (Å²) < 4.78 is 65.1. The number of aliphatic hydroxyl groups excluding tert-OH is 1. The molecule has 1 unspecified atom stereocenters. The number of amides is 1. The maximum absolute atomic E-state index is 13.4.